The highest BCUT2D eigenvalue weighted by atomic mass is 79.9. The second-order valence-electron chi connectivity index (χ2n) is 4.99. The molecule has 19 heavy (non-hydrogen) atoms. The number of piperidine rings is 1. The maximum atomic E-state index is 11.0. The van der Waals surface area contributed by atoms with E-state index in [1.54, 1.807) is 0 Å². The Kier molecular flexibility index (Phi) is 4.42. The Labute approximate surface area is 121 Å². The summed E-state index contributed by atoms with van der Waals surface area (Å²) in [6, 6.07) is 1.49. The molecular formula is C13H18BrN3O2. The molecule has 0 bridgehead atoms. The number of nitro benzene ring substituents is 1. The Bertz CT molecular complexity index is 499. The summed E-state index contributed by atoms with van der Waals surface area (Å²) in [6.45, 7) is 4.72. The molecule has 0 amide bonds. The highest BCUT2D eigenvalue weighted by Gasteiger charge is 2.22. The molecule has 0 spiro atoms. The van der Waals surface area contributed by atoms with Crippen LogP contribution in [0.15, 0.2) is 10.5 Å². The van der Waals surface area contributed by atoms with E-state index in [9.17, 15) is 10.1 Å². The zero-order chi connectivity index (χ0) is 14.0. The van der Waals surface area contributed by atoms with Crippen LogP contribution in [0, 0.1) is 17.0 Å². The maximum Gasteiger partial charge on any atom is 0.293 e. The monoisotopic (exact) mass is 327 g/mol. The van der Waals surface area contributed by atoms with Crippen LogP contribution in [-0.2, 0) is 6.54 Å². The maximum absolute atomic E-state index is 11.0. The lowest BCUT2D eigenvalue weighted by Gasteiger charge is -2.27. The van der Waals surface area contributed by atoms with Crippen molar-refractivity contribution in [3.05, 3.63) is 31.8 Å². The molecule has 1 saturated heterocycles. The molecule has 1 aliphatic heterocycles. The second-order valence-corrected chi connectivity index (χ2v) is 5.84. The van der Waals surface area contributed by atoms with Crippen LogP contribution in [0.3, 0.4) is 0 Å². The summed E-state index contributed by atoms with van der Waals surface area (Å²) >= 11 is 3.39. The topological polar surface area (TPSA) is 72.4 Å². The average molecular weight is 328 g/mol. The summed E-state index contributed by atoms with van der Waals surface area (Å²) in [5.74, 6) is 0. The Balaban J connectivity index is 2.34. The van der Waals surface area contributed by atoms with E-state index < -0.39 is 4.92 Å². The van der Waals surface area contributed by atoms with E-state index in [4.69, 9.17) is 5.73 Å². The molecule has 1 fully saturated rings. The fraction of sp³-hybridized carbons (Fsp3) is 0.538. The molecule has 2 rings (SSSR count). The molecule has 2 N–H and O–H groups in total. The van der Waals surface area contributed by atoms with E-state index in [-0.39, 0.29) is 5.69 Å². The van der Waals surface area contributed by atoms with Crippen LogP contribution < -0.4 is 5.73 Å². The van der Waals surface area contributed by atoms with Crippen LogP contribution in [0.4, 0.5) is 11.4 Å². The number of anilines is 1. The van der Waals surface area contributed by atoms with E-state index >= 15 is 0 Å². The first-order valence-electron chi connectivity index (χ1n) is 6.45. The SMILES string of the molecule is Cc1c(Br)cc([N+](=O)[O-])c(N)c1CN1CCCCC1. The summed E-state index contributed by atoms with van der Waals surface area (Å²) in [5, 5.41) is 11.0. The minimum absolute atomic E-state index is 0.00974. The molecule has 0 radical (unpaired) electrons. The van der Waals surface area contributed by atoms with Crippen LogP contribution in [0.5, 0.6) is 0 Å². The molecule has 1 aliphatic rings. The van der Waals surface area contributed by atoms with Gasteiger partial charge in [-0.25, -0.2) is 0 Å². The number of nitrogen functional groups attached to an aromatic ring is 1. The number of hydrogen-bond acceptors (Lipinski definition) is 4. The van der Waals surface area contributed by atoms with Crippen molar-refractivity contribution in [3.63, 3.8) is 0 Å². The lowest BCUT2D eigenvalue weighted by Crippen LogP contribution is -2.29. The third-order valence-electron chi connectivity index (χ3n) is 3.70. The minimum Gasteiger partial charge on any atom is -0.393 e. The van der Waals surface area contributed by atoms with Crippen LogP contribution in [-0.4, -0.2) is 22.9 Å². The molecule has 1 aromatic carbocycles. The third kappa shape index (κ3) is 3.06. The van der Waals surface area contributed by atoms with Gasteiger partial charge in [-0.2, -0.15) is 0 Å². The van der Waals surface area contributed by atoms with Crippen molar-refractivity contribution in [1.82, 2.24) is 4.90 Å². The van der Waals surface area contributed by atoms with Gasteiger partial charge in [0.15, 0.2) is 0 Å². The fourth-order valence-corrected chi connectivity index (χ4v) is 2.96. The number of nitro groups is 1. The quantitative estimate of drug-likeness (QED) is 0.525. The van der Waals surface area contributed by atoms with Gasteiger partial charge in [-0.05, 0) is 38.4 Å². The number of rotatable bonds is 3. The molecule has 1 heterocycles. The summed E-state index contributed by atoms with van der Waals surface area (Å²) in [7, 11) is 0. The van der Waals surface area contributed by atoms with Crippen molar-refractivity contribution in [3.8, 4) is 0 Å². The van der Waals surface area contributed by atoms with Gasteiger partial charge in [0.25, 0.3) is 5.69 Å². The molecule has 5 nitrogen and oxygen atoms in total. The first-order chi connectivity index (χ1) is 9.00. The van der Waals surface area contributed by atoms with E-state index in [2.05, 4.69) is 20.8 Å². The van der Waals surface area contributed by atoms with Crippen molar-refractivity contribution >= 4 is 27.3 Å². The van der Waals surface area contributed by atoms with Crippen molar-refractivity contribution in [2.75, 3.05) is 18.8 Å². The van der Waals surface area contributed by atoms with Gasteiger partial charge in [0.2, 0.25) is 0 Å². The molecule has 0 aromatic heterocycles. The third-order valence-corrected chi connectivity index (χ3v) is 4.53. The van der Waals surface area contributed by atoms with Gasteiger partial charge < -0.3 is 5.73 Å². The molecule has 104 valence electrons. The molecule has 0 saturated carbocycles. The standard InChI is InChI=1S/C13H18BrN3O2/c1-9-10(8-16-5-3-2-4-6-16)13(15)12(17(18)19)7-11(9)14/h7H,2-6,8,15H2,1H3. The first-order valence-corrected chi connectivity index (χ1v) is 7.24. The summed E-state index contributed by atoms with van der Waals surface area (Å²) in [4.78, 5) is 12.9. The predicted molar refractivity (Wildman–Crippen MR) is 79.1 cm³/mol. The van der Waals surface area contributed by atoms with Crippen molar-refractivity contribution in [2.45, 2.75) is 32.7 Å². The predicted octanol–water partition coefficient (Wildman–Crippen LogP) is 3.23. The van der Waals surface area contributed by atoms with Crippen LogP contribution in [0.1, 0.15) is 30.4 Å². The van der Waals surface area contributed by atoms with Crippen LogP contribution >= 0.6 is 15.9 Å². The lowest BCUT2D eigenvalue weighted by molar-refractivity contribution is -0.384. The van der Waals surface area contributed by atoms with Gasteiger partial charge in [0, 0.05) is 22.6 Å². The lowest BCUT2D eigenvalue weighted by atomic mass is 10.0. The molecule has 0 aliphatic carbocycles. The summed E-state index contributed by atoms with van der Waals surface area (Å²) < 4.78 is 0.750. The normalized spacial score (nSPS) is 16.5. The highest BCUT2D eigenvalue weighted by molar-refractivity contribution is 9.10. The second kappa shape index (κ2) is 5.88. The molecule has 1 aromatic rings. The van der Waals surface area contributed by atoms with Crippen molar-refractivity contribution in [2.24, 2.45) is 0 Å². The Hall–Kier alpha value is -1.14. The molecule has 0 atom stereocenters. The van der Waals surface area contributed by atoms with Gasteiger partial charge in [-0.15, -0.1) is 0 Å². The zero-order valence-corrected chi connectivity index (χ0v) is 12.6. The smallest absolute Gasteiger partial charge is 0.293 e. The van der Waals surface area contributed by atoms with Gasteiger partial charge >= 0.3 is 0 Å². The first kappa shape index (κ1) is 14.3. The van der Waals surface area contributed by atoms with Crippen molar-refractivity contribution < 1.29 is 4.92 Å². The van der Waals surface area contributed by atoms with Crippen LogP contribution in [0.25, 0.3) is 0 Å². The van der Waals surface area contributed by atoms with E-state index in [1.807, 2.05) is 6.92 Å². The van der Waals surface area contributed by atoms with E-state index in [0.29, 0.717) is 12.2 Å². The van der Waals surface area contributed by atoms with Gasteiger partial charge in [0.1, 0.15) is 5.69 Å². The minimum atomic E-state index is -0.417. The van der Waals surface area contributed by atoms with E-state index in [0.717, 1.165) is 28.7 Å². The number of halogens is 1. The Morgan fingerprint density at radius 2 is 2.05 bits per heavy atom. The van der Waals surface area contributed by atoms with Crippen molar-refractivity contribution in [1.29, 1.82) is 0 Å². The Morgan fingerprint density at radius 1 is 1.42 bits per heavy atom. The number of nitrogens with two attached hydrogens (primary N) is 1. The fourth-order valence-electron chi connectivity index (χ4n) is 2.50. The molecule has 0 unspecified atom stereocenters. The molecule has 6 heteroatoms. The largest absolute Gasteiger partial charge is 0.393 e. The summed E-state index contributed by atoms with van der Waals surface area (Å²) in [5.41, 5.74) is 8.15. The number of benzene rings is 1. The number of nitrogens with zero attached hydrogens (tertiary/aromatic N) is 2. The van der Waals surface area contributed by atoms with Gasteiger partial charge in [-0.3, -0.25) is 15.0 Å². The zero-order valence-electron chi connectivity index (χ0n) is 11.0. The summed E-state index contributed by atoms with van der Waals surface area (Å²) in [6.07, 6.45) is 3.65. The number of hydrogen-bond donors (Lipinski definition) is 1. The molecular weight excluding hydrogens is 310 g/mol. The highest BCUT2D eigenvalue weighted by Crippen LogP contribution is 2.34. The van der Waals surface area contributed by atoms with Gasteiger partial charge in [0.05, 0.1) is 4.92 Å². The van der Waals surface area contributed by atoms with Crippen LogP contribution in [0.2, 0.25) is 0 Å². The van der Waals surface area contributed by atoms with E-state index in [1.165, 1.54) is 25.3 Å². The average Bonchev–Trinajstić information content (AvgIpc) is 2.40. The number of likely N-dealkylation sites (tertiary alicyclic amines) is 1. The van der Waals surface area contributed by atoms with Gasteiger partial charge in [-0.1, -0.05) is 22.4 Å². The Morgan fingerprint density at radius 3 is 2.63 bits per heavy atom.